The van der Waals surface area contributed by atoms with Gasteiger partial charge in [-0.3, -0.25) is 0 Å². The van der Waals surface area contributed by atoms with Crippen LogP contribution in [0, 0.1) is 12.8 Å². The largest absolute Gasteiger partial charge is 0.400 e. The maximum Gasteiger partial charge on any atom is 0.0319 e. The molecule has 0 spiro atoms. The number of aliphatic hydroxyl groups excluding tert-OH is 1. The Hall–Kier alpha value is 0.500. The van der Waals surface area contributed by atoms with E-state index in [-0.39, 0.29) is 5.54 Å². The topological polar surface area (TPSA) is 32.6 Å². The van der Waals surface area contributed by atoms with Crippen molar-refractivity contribution in [3.63, 3.8) is 0 Å². The van der Waals surface area contributed by atoms with Crippen LogP contribution in [0.2, 0.25) is 0 Å². The Morgan fingerprint density at radius 1 is 0.857 bits per heavy atom. The predicted molar refractivity (Wildman–Crippen MR) is 89.7 cm³/mol. The fourth-order valence-electron chi connectivity index (χ4n) is 1.87. The van der Waals surface area contributed by atoms with E-state index in [4.69, 9.17) is 5.11 Å². The molecule has 2 fully saturated rings. The van der Waals surface area contributed by atoms with Gasteiger partial charge in [-0.15, -0.1) is 0 Å². The van der Waals surface area contributed by atoms with Crippen LogP contribution in [0.5, 0.6) is 0 Å². The molecule has 127 valence electrons. The van der Waals surface area contributed by atoms with Crippen molar-refractivity contribution in [1.82, 2.24) is 0 Å². The molecule has 3 heteroatoms. The Labute approximate surface area is 146 Å². The molecule has 1 N–H and O–H groups in total. The van der Waals surface area contributed by atoms with Crippen molar-refractivity contribution in [3.05, 3.63) is 12.8 Å². The first kappa shape index (κ1) is 23.8. The van der Waals surface area contributed by atoms with Gasteiger partial charge >= 0.3 is 57.0 Å². The molecule has 0 radical (unpaired) electrons. The Balaban J connectivity index is 0. The predicted octanol–water partition coefficient (Wildman–Crippen LogP) is 5.82. The van der Waals surface area contributed by atoms with E-state index in [0.717, 1.165) is 34.4 Å². The molecule has 0 saturated heterocycles. The van der Waals surface area contributed by atoms with Crippen molar-refractivity contribution in [2.24, 2.45) is 3.34 Å². The molecule has 0 atom stereocenters. The van der Waals surface area contributed by atoms with E-state index in [0.29, 0.717) is 0 Å². The van der Waals surface area contributed by atoms with Gasteiger partial charge in [0.1, 0.15) is 0 Å². The average molecular weight is 464 g/mol. The van der Waals surface area contributed by atoms with Gasteiger partial charge in [0.15, 0.2) is 0 Å². The molecule has 2 rings (SSSR count). The molecule has 0 amide bonds. The Morgan fingerprint density at radius 2 is 1.19 bits per heavy atom. The molecule has 0 heterocycles. The number of hydrogen-bond acceptors (Lipinski definition) is 2. The normalized spacial score (nSPS) is 17.7. The first-order chi connectivity index (χ1) is 10.1. The Kier molecular flexibility index (Phi) is 21.0. The summed E-state index contributed by atoms with van der Waals surface area (Å²) in [5.74, 6) is 0. The van der Waals surface area contributed by atoms with Crippen molar-refractivity contribution < 1.29 is 26.0 Å². The van der Waals surface area contributed by atoms with E-state index in [1.54, 1.807) is 0 Å². The van der Waals surface area contributed by atoms with Gasteiger partial charge in [0.2, 0.25) is 0 Å². The SMILES string of the molecule is CCC(C)(C)[N]=[Ta].CO.[CH-]1CCCCC1.[CH-]1CCCCC1. The molecular formula is C18H37NOTa-2. The summed E-state index contributed by atoms with van der Waals surface area (Å²) in [6, 6.07) is 0. The summed E-state index contributed by atoms with van der Waals surface area (Å²) in [5.41, 5.74) is 0.258. The summed E-state index contributed by atoms with van der Waals surface area (Å²) in [6.45, 7) is 6.48. The standard InChI is InChI=1S/2C6H11.C5H11N.CH4O.Ta/c2*1-2-4-6-5-3-1;1-4-5(2,3)6;1-2;/h2*1H,2-6H2;4H2,1-3H3;2H,1H3;/q2*-1;;;. The molecule has 0 unspecified atom stereocenters. The molecule has 2 aliphatic carbocycles. The molecule has 21 heavy (non-hydrogen) atoms. The van der Waals surface area contributed by atoms with Gasteiger partial charge in [-0.2, -0.15) is 25.7 Å². The summed E-state index contributed by atoms with van der Waals surface area (Å²) < 4.78 is 4.25. The van der Waals surface area contributed by atoms with Gasteiger partial charge in [0.25, 0.3) is 0 Å². The molecule has 0 aromatic rings. The van der Waals surface area contributed by atoms with Crippen LogP contribution in [0.4, 0.5) is 0 Å². The van der Waals surface area contributed by atoms with Gasteiger partial charge in [-0.25, -0.2) is 0 Å². The van der Waals surface area contributed by atoms with Crippen molar-refractivity contribution >= 4 is 0 Å². The second kappa shape index (κ2) is 18.5. The smallest absolute Gasteiger partial charge is 0.0319 e. The molecule has 2 aliphatic rings. The molecule has 2 saturated carbocycles. The van der Waals surface area contributed by atoms with Crippen LogP contribution in [-0.2, 0) is 20.9 Å². The minimum absolute atomic E-state index is 0.258. The van der Waals surface area contributed by atoms with Crippen LogP contribution in [-0.4, -0.2) is 17.8 Å². The van der Waals surface area contributed by atoms with Crippen LogP contribution in [0.15, 0.2) is 3.34 Å². The summed E-state index contributed by atoms with van der Waals surface area (Å²) in [6.07, 6.45) is 20.2. The first-order valence-electron chi connectivity index (χ1n) is 8.56. The average Bonchev–Trinajstić information content (AvgIpc) is 2.61. The van der Waals surface area contributed by atoms with E-state index < -0.39 is 0 Å². The fourth-order valence-corrected chi connectivity index (χ4v) is 2.38. The van der Waals surface area contributed by atoms with Gasteiger partial charge in [-0.1, -0.05) is 38.5 Å². The third-order valence-electron chi connectivity index (χ3n) is 3.77. The molecular weight excluding hydrogens is 427 g/mol. The van der Waals surface area contributed by atoms with Crippen molar-refractivity contribution in [1.29, 1.82) is 0 Å². The summed E-state index contributed by atoms with van der Waals surface area (Å²) in [7, 11) is 1.00. The maximum atomic E-state index is 7.00. The summed E-state index contributed by atoms with van der Waals surface area (Å²) in [5, 5.41) is 7.00. The number of rotatable bonds is 2. The molecule has 0 aromatic heterocycles. The molecule has 2 nitrogen and oxygen atoms in total. The van der Waals surface area contributed by atoms with E-state index >= 15 is 0 Å². The number of hydrogen-bond donors (Lipinski definition) is 1. The van der Waals surface area contributed by atoms with Gasteiger partial charge in [0, 0.05) is 7.11 Å². The zero-order valence-electron chi connectivity index (χ0n) is 14.8. The van der Waals surface area contributed by atoms with Crippen LogP contribution in [0.1, 0.15) is 91.4 Å². The zero-order chi connectivity index (χ0) is 16.4. The maximum absolute atomic E-state index is 7.00. The van der Waals surface area contributed by atoms with Crippen molar-refractivity contribution in [2.75, 3.05) is 7.11 Å². The number of nitrogens with zero attached hydrogens (tertiary/aromatic N) is 1. The quantitative estimate of drug-likeness (QED) is 0.513. The second-order valence-corrected chi connectivity index (χ2v) is 6.84. The van der Waals surface area contributed by atoms with E-state index in [2.05, 4.69) is 37.0 Å². The number of aliphatic hydroxyl groups is 1. The second-order valence-electron chi connectivity index (χ2n) is 6.12. The van der Waals surface area contributed by atoms with Crippen LogP contribution < -0.4 is 0 Å². The third-order valence-corrected chi connectivity index (χ3v) is 5.71. The molecule has 0 aliphatic heterocycles. The monoisotopic (exact) mass is 464 g/mol. The minimum atomic E-state index is 0.258. The summed E-state index contributed by atoms with van der Waals surface area (Å²) in [4.78, 5) is 0. The van der Waals surface area contributed by atoms with Crippen LogP contribution >= 0.6 is 0 Å². The Bertz CT molecular complexity index is 164. The van der Waals surface area contributed by atoms with Crippen molar-refractivity contribution in [2.45, 2.75) is 96.9 Å². The first-order valence-corrected chi connectivity index (χ1v) is 10.0. The third kappa shape index (κ3) is 20.5. The van der Waals surface area contributed by atoms with Crippen LogP contribution in [0.3, 0.4) is 0 Å². The fraction of sp³-hybridized carbons (Fsp3) is 0.889. The van der Waals surface area contributed by atoms with E-state index in [9.17, 15) is 0 Å². The van der Waals surface area contributed by atoms with E-state index in [1.165, 1.54) is 64.2 Å². The zero-order valence-corrected chi connectivity index (χ0v) is 18.0. The van der Waals surface area contributed by atoms with Gasteiger partial charge < -0.3 is 17.9 Å². The van der Waals surface area contributed by atoms with E-state index in [1.807, 2.05) is 0 Å². The molecule has 0 bridgehead atoms. The molecule has 0 aromatic carbocycles. The van der Waals surface area contributed by atoms with Crippen molar-refractivity contribution in [3.8, 4) is 0 Å². The van der Waals surface area contributed by atoms with Crippen LogP contribution in [0.25, 0.3) is 0 Å². The summed E-state index contributed by atoms with van der Waals surface area (Å²) >= 11 is 1.16. The van der Waals surface area contributed by atoms with Gasteiger partial charge in [-0.05, 0) is 0 Å². The Morgan fingerprint density at radius 3 is 1.24 bits per heavy atom. The minimum Gasteiger partial charge on any atom is -0.400 e. The van der Waals surface area contributed by atoms with Gasteiger partial charge in [0.05, 0.1) is 0 Å².